The molecule has 1 aliphatic rings. The van der Waals surface area contributed by atoms with Gasteiger partial charge in [0, 0.05) is 47.4 Å². The Kier molecular flexibility index (Phi) is 4.43. The van der Waals surface area contributed by atoms with Crippen LogP contribution in [0, 0.1) is 0 Å². The van der Waals surface area contributed by atoms with Crippen LogP contribution < -0.4 is 5.32 Å². The summed E-state index contributed by atoms with van der Waals surface area (Å²) in [5.74, 6) is 0.0691. The van der Waals surface area contributed by atoms with Crippen molar-refractivity contribution in [3.63, 3.8) is 0 Å². The second-order valence-electron chi connectivity index (χ2n) is 7.29. The molecule has 4 heteroatoms. The minimum Gasteiger partial charge on any atom is -0.378 e. The van der Waals surface area contributed by atoms with Crippen LogP contribution >= 0.6 is 0 Å². The monoisotopic (exact) mass is 370 g/mol. The molecule has 1 atom stereocenters. The zero-order valence-electron chi connectivity index (χ0n) is 15.6. The molecule has 1 fully saturated rings. The van der Waals surface area contributed by atoms with E-state index in [-0.39, 0.29) is 11.8 Å². The van der Waals surface area contributed by atoms with Crippen molar-refractivity contribution in [1.29, 1.82) is 0 Å². The average molecular weight is 370 g/mol. The summed E-state index contributed by atoms with van der Waals surface area (Å²) in [6, 6.07) is 22.4. The second kappa shape index (κ2) is 7.23. The molecule has 1 aromatic heterocycles. The normalized spacial score (nSPS) is 17.2. The second-order valence-corrected chi connectivity index (χ2v) is 7.29. The predicted molar refractivity (Wildman–Crippen MR) is 112 cm³/mol. The number of nitrogens with one attached hydrogen (secondary N) is 1. The summed E-state index contributed by atoms with van der Waals surface area (Å²) in [4.78, 5) is 13.5. The lowest BCUT2D eigenvalue weighted by atomic mass is 9.97. The standard InChI is InChI=1S/C24H22N2O2/c27-24(21-10-5-7-17-6-1-2-8-19(17)21)22-15-26(14-18-16-28-13-12-25-18)23-11-4-3-9-20(22)23/h1-11,15,18,25H,12-14,16H2. The number of fused-ring (bicyclic) bond motifs is 2. The van der Waals surface area contributed by atoms with Gasteiger partial charge in [-0.15, -0.1) is 0 Å². The third kappa shape index (κ3) is 3.01. The van der Waals surface area contributed by atoms with Gasteiger partial charge in [0.05, 0.1) is 13.2 Å². The van der Waals surface area contributed by atoms with Gasteiger partial charge in [-0.1, -0.05) is 60.7 Å². The molecule has 0 saturated carbocycles. The maximum Gasteiger partial charge on any atom is 0.195 e. The van der Waals surface area contributed by atoms with Gasteiger partial charge in [-0.2, -0.15) is 0 Å². The zero-order chi connectivity index (χ0) is 18.9. The van der Waals surface area contributed by atoms with E-state index in [1.807, 2.05) is 66.9 Å². The number of hydrogen-bond acceptors (Lipinski definition) is 3. The number of carbonyl (C=O) groups is 1. The molecule has 0 spiro atoms. The average Bonchev–Trinajstić information content (AvgIpc) is 3.12. The summed E-state index contributed by atoms with van der Waals surface area (Å²) in [5.41, 5.74) is 2.59. The van der Waals surface area contributed by atoms with Crippen LogP contribution in [0.3, 0.4) is 0 Å². The molecule has 0 radical (unpaired) electrons. The molecule has 4 aromatic rings. The number of morpholine rings is 1. The molecule has 1 aliphatic heterocycles. The number of benzene rings is 3. The highest BCUT2D eigenvalue weighted by molar-refractivity contribution is 6.21. The van der Waals surface area contributed by atoms with Gasteiger partial charge in [-0.25, -0.2) is 0 Å². The van der Waals surface area contributed by atoms with Crippen molar-refractivity contribution in [3.8, 4) is 0 Å². The summed E-state index contributed by atoms with van der Waals surface area (Å²) < 4.78 is 7.78. The molecule has 0 bridgehead atoms. The minimum absolute atomic E-state index is 0.0691. The van der Waals surface area contributed by atoms with Crippen LogP contribution in [0.2, 0.25) is 0 Å². The number of rotatable bonds is 4. The van der Waals surface area contributed by atoms with E-state index in [9.17, 15) is 4.79 Å². The Morgan fingerprint density at radius 1 is 0.964 bits per heavy atom. The van der Waals surface area contributed by atoms with E-state index < -0.39 is 0 Å². The molecule has 3 aromatic carbocycles. The Bertz CT molecular complexity index is 1150. The number of para-hydroxylation sites is 1. The van der Waals surface area contributed by atoms with Gasteiger partial charge in [-0.3, -0.25) is 4.79 Å². The van der Waals surface area contributed by atoms with Gasteiger partial charge in [0.2, 0.25) is 0 Å². The first-order valence-electron chi connectivity index (χ1n) is 9.73. The molecule has 140 valence electrons. The first kappa shape index (κ1) is 17.2. The van der Waals surface area contributed by atoms with Gasteiger partial charge in [0.1, 0.15) is 0 Å². The van der Waals surface area contributed by atoms with E-state index >= 15 is 0 Å². The molecular formula is C24H22N2O2. The van der Waals surface area contributed by atoms with Crippen LogP contribution in [0.15, 0.2) is 72.9 Å². The zero-order valence-corrected chi connectivity index (χ0v) is 15.6. The SMILES string of the molecule is O=C(c1cccc2ccccc12)c1cn(CC2COCCN2)c2ccccc12. The summed E-state index contributed by atoms with van der Waals surface area (Å²) in [6.07, 6.45) is 2.01. The third-order valence-electron chi connectivity index (χ3n) is 5.48. The lowest BCUT2D eigenvalue weighted by Gasteiger charge is -2.24. The number of hydrogen-bond donors (Lipinski definition) is 1. The number of ether oxygens (including phenoxy) is 1. The van der Waals surface area contributed by atoms with E-state index in [1.165, 1.54) is 0 Å². The van der Waals surface area contributed by atoms with E-state index in [2.05, 4.69) is 16.0 Å². The summed E-state index contributed by atoms with van der Waals surface area (Å²) in [5, 5.41) is 6.57. The molecule has 1 saturated heterocycles. The Balaban J connectivity index is 1.59. The van der Waals surface area contributed by atoms with Crippen LogP contribution in [0.25, 0.3) is 21.7 Å². The fourth-order valence-corrected chi connectivity index (χ4v) is 4.12. The van der Waals surface area contributed by atoms with Crippen molar-refractivity contribution >= 4 is 27.5 Å². The van der Waals surface area contributed by atoms with Gasteiger partial charge in [0.15, 0.2) is 5.78 Å². The van der Waals surface area contributed by atoms with Crippen LogP contribution in [-0.4, -0.2) is 36.2 Å². The van der Waals surface area contributed by atoms with Gasteiger partial charge in [0.25, 0.3) is 0 Å². The largest absolute Gasteiger partial charge is 0.378 e. The van der Waals surface area contributed by atoms with Gasteiger partial charge in [-0.05, 0) is 16.8 Å². The fourth-order valence-electron chi connectivity index (χ4n) is 4.12. The number of ketones is 1. The van der Waals surface area contributed by atoms with Crippen LogP contribution in [0.1, 0.15) is 15.9 Å². The highest BCUT2D eigenvalue weighted by Gasteiger charge is 2.20. The highest BCUT2D eigenvalue weighted by Crippen LogP contribution is 2.27. The Labute approximate surface area is 163 Å². The Morgan fingerprint density at radius 3 is 2.61 bits per heavy atom. The van der Waals surface area contributed by atoms with Gasteiger partial charge >= 0.3 is 0 Å². The number of aromatic nitrogens is 1. The topological polar surface area (TPSA) is 43.3 Å². The van der Waals surface area contributed by atoms with Crippen LogP contribution in [-0.2, 0) is 11.3 Å². The predicted octanol–water partition coefficient (Wildman–Crippen LogP) is 4.01. The third-order valence-corrected chi connectivity index (χ3v) is 5.48. The minimum atomic E-state index is 0.0691. The van der Waals surface area contributed by atoms with Crippen molar-refractivity contribution in [2.75, 3.05) is 19.8 Å². The highest BCUT2D eigenvalue weighted by atomic mass is 16.5. The fraction of sp³-hybridized carbons (Fsp3) is 0.208. The molecule has 1 unspecified atom stereocenters. The van der Waals surface area contributed by atoms with E-state index in [0.717, 1.165) is 52.5 Å². The van der Waals surface area contributed by atoms with Crippen LogP contribution in [0.5, 0.6) is 0 Å². The first-order valence-corrected chi connectivity index (χ1v) is 9.73. The van der Waals surface area contributed by atoms with E-state index in [4.69, 9.17) is 4.74 Å². The van der Waals surface area contributed by atoms with Gasteiger partial charge < -0.3 is 14.6 Å². The Morgan fingerprint density at radius 2 is 1.75 bits per heavy atom. The summed E-state index contributed by atoms with van der Waals surface area (Å²) in [7, 11) is 0. The Hall–Kier alpha value is -2.95. The lowest BCUT2D eigenvalue weighted by molar-refractivity contribution is 0.0718. The molecule has 0 amide bonds. The lowest BCUT2D eigenvalue weighted by Crippen LogP contribution is -2.43. The molecule has 1 N–H and O–H groups in total. The van der Waals surface area contributed by atoms with Crippen molar-refractivity contribution in [1.82, 2.24) is 9.88 Å². The molecule has 4 nitrogen and oxygen atoms in total. The summed E-state index contributed by atoms with van der Waals surface area (Å²) >= 11 is 0. The van der Waals surface area contributed by atoms with Crippen molar-refractivity contribution in [2.24, 2.45) is 0 Å². The van der Waals surface area contributed by atoms with Crippen molar-refractivity contribution < 1.29 is 9.53 Å². The maximum absolute atomic E-state index is 13.5. The maximum atomic E-state index is 13.5. The smallest absolute Gasteiger partial charge is 0.195 e. The first-order chi connectivity index (χ1) is 13.8. The molecule has 5 rings (SSSR count). The molecule has 28 heavy (non-hydrogen) atoms. The molecular weight excluding hydrogens is 348 g/mol. The van der Waals surface area contributed by atoms with Crippen molar-refractivity contribution in [3.05, 3.63) is 84.1 Å². The quantitative estimate of drug-likeness (QED) is 0.552. The number of nitrogens with zero attached hydrogens (tertiary/aromatic N) is 1. The molecule has 2 heterocycles. The van der Waals surface area contributed by atoms with Crippen LogP contribution in [0.4, 0.5) is 0 Å². The number of carbonyl (C=O) groups excluding carboxylic acids is 1. The summed E-state index contributed by atoms with van der Waals surface area (Å²) in [6.45, 7) is 3.10. The molecule has 0 aliphatic carbocycles. The van der Waals surface area contributed by atoms with E-state index in [1.54, 1.807) is 0 Å². The van der Waals surface area contributed by atoms with E-state index in [0.29, 0.717) is 6.61 Å². The van der Waals surface area contributed by atoms with Crippen molar-refractivity contribution in [2.45, 2.75) is 12.6 Å².